The van der Waals surface area contributed by atoms with Gasteiger partial charge in [0.1, 0.15) is 5.69 Å². The van der Waals surface area contributed by atoms with E-state index in [1.807, 2.05) is 30.3 Å². The third-order valence-electron chi connectivity index (χ3n) is 5.23. The smallest absolute Gasteiger partial charge is 0.293 e. The van der Waals surface area contributed by atoms with Gasteiger partial charge in [-0.15, -0.1) is 0 Å². The second kappa shape index (κ2) is 9.29. The Morgan fingerprint density at radius 1 is 1.07 bits per heavy atom. The predicted octanol–water partition coefficient (Wildman–Crippen LogP) is 1.78. The first kappa shape index (κ1) is 20.5. The number of anilines is 2. The summed E-state index contributed by atoms with van der Waals surface area (Å²) < 4.78 is 0. The van der Waals surface area contributed by atoms with Crippen LogP contribution in [-0.2, 0) is 9.59 Å². The lowest BCUT2D eigenvalue weighted by atomic mass is 9.96. The third kappa shape index (κ3) is 5.39. The van der Waals surface area contributed by atoms with Gasteiger partial charge >= 0.3 is 0 Å². The van der Waals surface area contributed by atoms with Crippen LogP contribution in [0.2, 0.25) is 0 Å². The zero-order valence-electron chi connectivity index (χ0n) is 16.3. The number of carbonyl (C=O) groups is 2. The van der Waals surface area contributed by atoms with Crippen LogP contribution in [0.3, 0.4) is 0 Å². The number of hydrogen-bond acceptors (Lipinski definition) is 4. The Balaban J connectivity index is 1.50. The molecule has 0 unspecified atom stereocenters. The van der Waals surface area contributed by atoms with E-state index in [0.717, 1.165) is 10.6 Å². The molecule has 0 atom stereocenters. The molecule has 3 N–H and O–H groups in total. The van der Waals surface area contributed by atoms with Crippen molar-refractivity contribution in [2.45, 2.75) is 19.8 Å². The van der Waals surface area contributed by atoms with Gasteiger partial charge in [0.05, 0.1) is 18.0 Å². The van der Waals surface area contributed by atoms with Gasteiger partial charge in [-0.25, -0.2) is 0 Å². The Hall–Kier alpha value is -3.26. The highest BCUT2D eigenvalue weighted by atomic mass is 16.6. The van der Waals surface area contributed by atoms with Crippen molar-refractivity contribution in [2.75, 3.05) is 30.3 Å². The van der Waals surface area contributed by atoms with Gasteiger partial charge in [-0.2, -0.15) is 0 Å². The van der Waals surface area contributed by atoms with E-state index >= 15 is 0 Å². The van der Waals surface area contributed by atoms with Gasteiger partial charge in [0, 0.05) is 30.5 Å². The number of carbonyl (C=O) groups excluding carboxylic acids is 2. The molecule has 3 rings (SSSR count). The van der Waals surface area contributed by atoms with Crippen LogP contribution >= 0.6 is 0 Å². The van der Waals surface area contributed by atoms with Gasteiger partial charge in [-0.1, -0.05) is 30.3 Å². The topological polar surface area (TPSA) is 106 Å². The molecular weight excluding hydrogens is 372 g/mol. The standard InChI is InChI=1S/C21H24N4O4/c1-15-6-5-9-18(25(28)29)20(15)23-19(26)14-24-12-10-16(11-13-24)21(27)22-17-7-3-2-4-8-17/h2-9,16H,10-14H2,1H3,(H,22,27)(H,23,26)/p+1. The van der Waals surface area contributed by atoms with Gasteiger partial charge in [0.25, 0.3) is 11.6 Å². The van der Waals surface area contributed by atoms with Crippen LogP contribution in [0.25, 0.3) is 0 Å². The van der Waals surface area contributed by atoms with Crippen molar-refractivity contribution in [3.05, 3.63) is 64.2 Å². The molecule has 8 nitrogen and oxygen atoms in total. The number of nitro groups is 1. The number of quaternary nitrogens is 1. The first-order valence-electron chi connectivity index (χ1n) is 9.67. The van der Waals surface area contributed by atoms with Crippen LogP contribution in [0, 0.1) is 23.0 Å². The molecule has 29 heavy (non-hydrogen) atoms. The second-order valence-electron chi connectivity index (χ2n) is 7.33. The molecule has 1 fully saturated rings. The molecule has 1 heterocycles. The zero-order valence-corrected chi connectivity index (χ0v) is 16.3. The quantitative estimate of drug-likeness (QED) is 0.510. The van der Waals surface area contributed by atoms with Crippen LogP contribution in [0.15, 0.2) is 48.5 Å². The Labute approximate surface area is 169 Å². The largest absolute Gasteiger partial charge is 0.327 e. The fraction of sp³-hybridized carbons (Fsp3) is 0.333. The van der Waals surface area contributed by atoms with Crippen LogP contribution in [-0.4, -0.2) is 36.4 Å². The molecule has 0 aliphatic carbocycles. The van der Waals surface area contributed by atoms with Crippen molar-refractivity contribution >= 4 is 28.9 Å². The Morgan fingerprint density at radius 3 is 2.41 bits per heavy atom. The number of aryl methyl sites for hydroxylation is 1. The summed E-state index contributed by atoms with van der Waals surface area (Å²) in [6.45, 7) is 3.36. The van der Waals surface area contributed by atoms with E-state index in [9.17, 15) is 19.7 Å². The average molecular weight is 397 g/mol. The maximum absolute atomic E-state index is 12.4. The molecule has 1 saturated heterocycles. The van der Waals surface area contributed by atoms with Gasteiger partial charge < -0.3 is 15.5 Å². The normalized spacial score (nSPS) is 18.7. The molecule has 2 aromatic rings. The molecule has 0 spiro atoms. The Bertz CT molecular complexity index is 893. The van der Waals surface area contributed by atoms with Crippen LogP contribution < -0.4 is 15.5 Å². The van der Waals surface area contributed by atoms with Crippen molar-refractivity contribution in [1.29, 1.82) is 0 Å². The molecule has 2 amide bonds. The number of likely N-dealkylation sites (tertiary alicyclic amines) is 1. The molecule has 1 aliphatic rings. The summed E-state index contributed by atoms with van der Waals surface area (Å²) in [5.41, 5.74) is 1.58. The average Bonchev–Trinajstić information content (AvgIpc) is 2.70. The summed E-state index contributed by atoms with van der Waals surface area (Å²) in [5, 5.41) is 16.8. The van der Waals surface area contributed by atoms with Crippen LogP contribution in [0.5, 0.6) is 0 Å². The number of rotatable bonds is 6. The lowest BCUT2D eigenvalue weighted by Crippen LogP contribution is -3.14. The Morgan fingerprint density at radius 2 is 1.76 bits per heavy atom. The molecule has 152 valence electrons. The molecule has 0 aromatic heterocycles. The molecule has 8 heteroatoms. The Kier molecular flexibility index (Phi) is 6.56. The van der Waals surface area contributed by atoms with E-state index in [0.29, 0.717) is 31.5 Å². The minimum absolute atomic E-state index is 0.00948. The summed E-state index contributed by atoms with van der Waals surface area (Å²) >= 11 is 0. The number of nitrogens with zero attached hydrogens (tertiary/aromatic N) is 1. The van der Waals surface area contributed by atoms with E-state index in [1.54, 1.807) is 19.1 Å². The highest BCUT2D eigenvalue weighted by molar-refractivity contribution is 5.95. The minimum atomic E-state index is -0.494. The van der Waals surface area contributed by atoms with Crippen molar-refractivity contribution in [2.24, 2.45) is 5.92 Å². The van der Waals surface area contributed by atoms with Gasteiger partial charge in [-0.05, 0) is 24.6 Å². The molecule has 0 radical (unpaired) electrons. The van der Waals surface area contributed by atoms with Crippen LogP contribution in [0.4, 0.5) is 17.1 Å². The highest BCUT2D eigenvalue weighted by Gasteiger charge is 2.29. The number of nitrogens with one attached hydrogen (secondary N) is 3. The van der Waals surface area contributed by atoms with E-state index in [4.69, 9.17) is 0 Å². The molecule has 1 aliphatic heterocycles. The number of piperidine rings is 1. The zero-order chi connectivity index (χ0) is 20.8. The number of nitro benzene ring substituents is 1. The lowest BCUT2D eigenvalue weighted by Gasteiger charge is -2.28. The maximum atomic E-state index is 12.4. The summed E-state index contributed by atoms with van der Waals surface area (Å²) in [4.78, 5) is 36.6. The summed E-state index contributed by atoms with van der Waals surface area (Å²) in [6, 6.07) is 14.1. The second-order valence-corrected chi connectivity index (χ2v) is 7.33. The van der Waals surface area contributed by atoms with E-state index in [1.165, 1.54) is 6.07 Å². The van der Waals surface area contributed by atoms with Gasteiger partial charge in [-0.3, -0.25) is 19.7 Å². The van der Waals surface area contributed by atoms with Crippen molar-refractivity contribution < 1.29 is 19.4 Å². The lowest BCUT2D eigenvalue weighted by molar-refractivity contribution is -0.897. The van der Waals surface area contributed by atoms with Gasteiger partial charge in [0.15, 0.2) is 6.54 Å². The molecule has 2 aromatic carbocycles. The van der Waals surface area contributed by atoms with Crippen molar-refractivity contribution in [3.8, 4) is 0 Å². The third-order valence-corrected chi connectivity index (χ3v) is 5.23. The first-order chi connectivity index (χ1) is 13.9. The van der Waals surface area contributed by atoms with Crippen LogP contribution in [0.1, 0.15) is 18.4 Å². The highest BCUT2D eigenvalue weighted by Crippen LogP contribution is 2.27. The molecule has 0 bridgehead atoms. The molecule has 0 saturated carbocycles. The summed E-state index contributed by atoms with van der Waals surface area (Å²) in [6.07, 6.45) is 1.40. The summed E-state index contributed by atoms with van der Waals surface area (Å²) in [5.74, 6) is -0.320. The van der Waals surface area contributed by atoms with E-state index in [-0.39, 0.29) is 35.7 Å². The van der Waals surface area contributed by atoms with Crippen molar-refractivity contribution in [1.82, 2.24) is 0 Å². The first-order valence-corrected chi connectivity index (χ1v) is 9.67. The SMILES string of the molecule is Cc1cccc([N+](=O)[O-])c1NC(=O)C[NH+]1CCC(C(=O)Nc2ccccc2)CC1. The monoisotopic (exact) mass is 397 g/mol. The minimum Gasteiger partial charge on any atom is -0.327 e. The fourth-order valence-corrected chi connectivity index (χ4v) is 3.61. The van der Waals surface area contributed by atoms with E-state index in [2.05, 4.69) is 10.6 Å². The predicted molar refractivity (Wildman–Crippen MR) is 110 cm³/mol. The fourth-order valence-electron chi connectivity index (χ4n) is 3.61. The number of hydrogen-bond donors (Lipinski definition) is 3. The number of amides is 2. The van der Waals surface area contributed by atoms with E-state index < -0.39 is 4.92 Å². The maximum Gasteiger partial charge on any atom is 0.293 e. The molecular formula is C21H25N4O4+. The van der Waals surface area contributed by atoms with Crippen molar-refractivity contribution in [3.63, 3.8) is 0 Å². The van der Waals surface area contributed by atoms with Gasteiger partial charge in [0.2, 0.25) is 5.91 Å². The number of para-hydroxylation sites is 2. The number of benzene rings is 2. The summed E-state index contributed by atoms with van der Waals surface area (Å²) in [7, 11) is 0.